The Labute approximate surface area is 160 Å². The first kappa shape index (κ1) is 20.8. The highest BCUT2D eigenvalue weighted by molar-refractivity contribution is 6.06. The van der Waals surface area contributed by atoms with Gasteiger partial charge in [0.1, 0.15) is 11.6 Å². The first-order valence-corrected chi connectivity index (χ1v) is 8.14. The first-order chi connectivity index (χ1) is 13.3. The molecule has 2 rings (SSSR count). The number of nitrogens with zero attached hydrogens (tertiary/aromatic N) is 1. The molecule has 0 aliphatic heterocycles. The molecule has 0 spiro atoms. The first-order valence-electron chi connectivity index (χ1n) is 8.14. The van der Waals surface area contributed by atoms with Crippen LogP contribution in [0.5, 0.6) is 11.5 Å². The zero-order valence-corrected chi connectivity index (χ0v) is 15.5. The predicted octanol–water partition coefficient (Wildman–Crippen LogP) is 3.12. The lowest BCUT2D eigenvalue weighted by atomic mass is 10.2. The Hall–Kier alpha value is -3.49. The largest absolute Gasteiger partial charge is 0.493 e. The molecular formula is C19H19F2N3O4. The molecule has 2 aromatic rings. The van der Waals surface area contributed by atoms with Crippen molar-refractivity contribution in [1.29, 1.82) is 0 Å². The third kappa shape index (κ3) is 5.50. The third-order valence-electron chi connectivity index (χ3n) is 3.62. The number of hydrazone groups is 1. The Kier molecular flexibility index (Phi) is 7.02. The second kappa shape index (κ2) is 9.45. The van der Waals surface area contributed by atoms with Crippen molar-refractivity contribution in [2.75, 3.05) is 19.5 Å². The number of anilines is 1. The van der Waals surface area contributed by atoms with Crippen LogP contribution in [0.2, 0.25) is 0 Å². The summed E-state index contributed by atoms with van der Waals surface area (Å²) < 4.78 is 36.7. The zero-order chi connectivity index (χ0) is 20.7. The van der Waals surface area contributed by atoms with E-state index >= 15 is 0 Å². The van der Waals surface area contributed by atoms with Gasteiger partial charge in [-0.3, -0.25) is 9.59 Å². The number of hydrogen-bond acceptors (Lipinski definition) is 5. The third-order valence-corrected chi connectivity index (χ3v) is 3.62. The molecule has 2 aromatic carbocycles. The Morgan fingerprint density at radius 3 is 2.39 bits per heavy atom. The maximum Gasteiger partial charge on any atom is 0.271 e. The van der Waals surface area contributed by atoms with Gasteiger partial charge in [0.15, 0.2) is 11.5 Å². The molecule has 148 valence electrons. The summed E-state index contributed by atoms with van der Waals surface area (Å²) in [5, 5.41) is 6.16. The van der Waals surface area contributed by atoms with E-state index in [-0.39, 0.29) is 23.4 Å². The fourth-order valence-electron chi connectivity index (χ4n) is 2.25. The van der Waals surface area contributed by atoms with Crippen LogP contribution in [0, 0.1) is 11.6 Å². The van der Waals surface area contributed by atoms with Gasteiger partial charge in [-0.1, -0.05) is 0 Å². The fraction of sp³-hybridized carbons (Fsp3) is 0.211. The van der Waals surface area contributed by atoms with Gasteiger partial charge in [-0.05, 0) is 37.3 Å². The minimum Gasteiger partial charge on any atom is -0.493 e. The van der Waals surface area contributed by atoms with Gasteiger partial charge >= 0.3 is 0 Å². The molecule has 28 heavy (non-hydrogen) atoms. The number of benzene rings is 2. The zero-order valence-electron chi connectivity index (χ0n) is 15.5. The standard InChI is InChI=1S/C19H19F2N3O4/c1-11(8-18(25)22-15-6-5-13(20)10-14(15)21)23-24-19(26)12-4-7-16(27-2)17(9-12)28-3/h4-7,9-10H,8H2,1-3H3,(H,22,25)(H,24,26)/b23-11+. The quantitative estimate of drug-likeness (QED) is 0.561. The summed E-state index contributed by atoms with van der Waals surface area (Å²) >= 11 is 0. The number of amides is 2. The van der Waals surface area contributed by atoms with Crippen LogP contribution in [-0.4, -0.2) is 31.7 Å². The van der Waals surface area contributed by atoms with Crippen molar-refractivity contribution in [2.24, 2.45) is 5.10 Å². The predicted molar refractivity (Wildman–Crippen MR) is 99.7 cm³/mol. The summed E-state index contributed by atoms with van der Waals surface area (Å²) in [5.74, 6) is -1.84. The number of ether oxygens (including phenoxy) is 2. The molecule has 2 amide bonds. The second-order valence-electron chi connectivity index (χ2n) is 5.71. The van der Waals surface area contributed by atoms with Crippen LogP contribution < -0.4 is 20.2 Å². The maximum atomic E-state index is 13.5. The molecule has 0 saturated carbocycles. The Morgan fingerprint density at radius 2 is 1.75 bits per heavy atom. The van der Waals surface area contributed by atoms with Crippen molar-refractivity contribution >= 4 is 23.2 Å². The van der Waals surface area contributed by atoms with Gasteiger partial charge in [0.05, 0.1) is 26.3 Å². The normalized spacial score (nSPS) is 11.0. The lowest BCUT2D eigenvalue weighted by Gasteiger charge is -2.09. The van der Waals surface area contributed by atoms with Crippen molar-refractivity contribution < 1.29 is 27.8 Å². The second-order valence-corrected chi connectivity index (χ2v) is 5.71. The monoisotopic (exact) mass is 391 g/mol. The fourth-order valence-corrected chi connectivity index (χ4v) is 2.25. The van der Waals surface area contributed by atoms with Gasteiger partial charge in [0.25, 0.3) is 5.91 Å². The molecule has 0 aliphatic rings. The highest BCUT2D eigenvalue weighted by Crippen LogP contribution is 2.27. The molecule has 0 fully saturated rings. The number of rotatable bonds is 7. The van der Waals surface area contributed by atoms with Crippen molar-refractivity contribution in [3.63, 3.8) is 0 Å². The molecule has 0 heterocycles. The highest BCUT2D eigenvalue weighted by atomic mass is 19.1. The van der Waals surface area contributed by atoms with E-state index in [0.29, 0.717) is 17.6 Å². The van der Waals surface area contributed by atoms with E-state index in [1.807, 2.05) is 0 Å². The van der Waals surface area contributed by atoms with Gasteiger partial charge in [-0.2, -0.15) is 5.10 Å². The number of methoxy groups -OCH3 is 2. The average molecular weight is 391 g/mol. The van der Waals surface area contributed by atoms with E-state index < -0.39 is 23.4 Å². The Balaban J connectivity index is 1.96. The Bertz CT molecular complexity index is 916. The summed E-state index contributed by atoms with van der Waals surface area (Å²) in [4.78, 5) is 24.1. The molecule has 0 radical (unpaired) electrons. The van der Waals surface area contributed by atoms with Crippen LogP contribution in [0.1, 0.15) is 23.7 Å². The van der Waals surface area contributed by atoms with Crippen LogP contribution in [-0.2, 0) is 4.79 Å². The number of nitrogens with one attached hydrogen (secondary N) is 2. The van der Waals surface area contributed by atoms with Gasteiger partial charge in [0, 0.05) is 17.3 Å². The summed E-state index contributed by atoms with van der Waals surface area (Å²) in [6.45, 7) is 1.52. The summed E-state index contributed by atoms with van der Waals surface area (Å²) in [5.41, 5.74) is 2.75. The van der Waals surface area contributed by atoms with Crippen molar-refractivity contribution in [3.05, 3.63) is 53.6 Å². The molecule has 0 aliphatic carbocycles. The molecular weight excluding hydrogens is 372 g/mol. The van der Waals surface area contributed by atoms with E-state index in [4.69, 9.17) is 9.47 Å². The topological polar surface area (TPSA) is 89.0 Å². The number of carbonyl (C=O) groups is 2. The van der Waals surface area contributed by atoms with E-state index in [1.54, 1.807) is 6.07 Å². The highest BCUT2D eigenvalue weighted by Gasteiger charge is 2.12. The molecule has 0 unspecified atom stereocenters. The number of halogens is 2. The van der Waals surface area contributed by atoms with Crippen LogP contribution in [0.25, 0.3) is 0 Å². The van der Waals surface area contributed by atoms with Gasteiger partial charge < -0.3 is 14.8 Å². The minimum absolute atomic E-state index is 0.145. The number of hydrogen-bond donors (Lipinski definition) is 2. The lowest BCUT2D eigenvalue weighted by molar-refractivity contribution is -0.115. The molecule has 0 atom stereocenters. The van der Waals surface area contributed by atoms with Crippen molar-refractivity contribution in [2.45, 2.75) is 13.3 Å². The number of carbonyl (C=O) groups excluding carboxylic acids is 2. The van der Waals surface area contributed by atoms with E-state index in [9.17, 15) is 18.4 Å². The molecule has 0 bridgehead atoms. The van der Waals surface area contributed by atoms with Crippen molar-refractivity contribution in [3.8, 4) is 11.5 Å². The van der Waals surface area contributed by atoms with Crippen LogP contribution in [0.4, 0.5) is 14.5 Å². The molecule has 0 aromatic heterocycles. The van der Waals surface area contributed by atoms with Crippen LogP contribution >= 0.6 is 0 Å². The van der Waals surface area contributed by atoms with E-state index in [2.05, 4.69) is 15.8 Å². The maximum absolute atomic E-state index is 13.5. The Morgan fingerprint density at radius 1 is 1.04 bits per heavy atom. The van der Waals surface area contributed by atoms with E-state index in [0.717, 1.165) is 12.1 Å². The van der Waals surface area contributed by atoms with Crippen molar-refractivity contribution in [1.82, 2.24) is 5.43 Å². The van der Waals surface area contributed by atoms with Gasteiger partial charge in [-0.25, -0.2) is 14.2 Å². The van der Waals surface area contributed by atoms with Crippen LogP contribution in [0.15, 0.2) is 41.5 Å². The average Bonchev–Trinajstić information content (AvgIpc) is 2.67. The van der Waals surface area contributed by atoms with E-state index in [1.165, 1.54) is 33.3 Å². The molecule has 7 nitrogen and oxygen atoms in total. The van der Waals surface area contributed by atoms with Gasteiger partial charge in [-0.15, -0.1) is 0 Å². The SMILES string of the molecule is COc1ccc(C(=O)N/N=C(\C)CC(=O)Nc2ccc(F)cc2F)cc1OC. The molecule has 9 heteroatoms. The molecule has 2 N–H and O–H groups in total. The summed E-state index contributed by atoms with van der Waals surface area (Å²) in [6, 6.07) is 7.42. The molecule has 0 saturated heterocycles. The van der Waals surface area contributed by atoms with Crippen LogP contribution in [0.3, 0.4) is 0 Å². The lowest BCUT2D eigenvalue weighted by Crippen LogP contribution is -2.21. The summed E-state index contributed by atoms with van der Waals surface area (Å²) in [7, 11) is 2.93. The minimum atomic E-state index is -0.885. The summed E-state index contributed by atoms with van der Waals surface area (Å²) in [6.07, 6.45) is -0.191. The smallest absolute Gasteiger partial charge is 0.271 e. The van der Waals surface area contributed by atoms with Gasteiger partial charge in [0.2, 0.25) is 5.91 Å².